The lowest BCUT2D eigenvalue weighted by atomic mass is 10.2. The van der Waals surface area contributed by atoms with E-state index in [1.807, 2.05) is 49.6 Å². The van der Waals surface area contributed by atoms with Gasteiger partial charge in [-0.2, -0.15) is 5.10 Å². The van der Waals surface area contributed by atoms with E-state index < -0.39 is 0 Å². The second-order valence-corrected chi connectivity index (χ2v) is 5.64. The Morgan fingerprint density at radius 3 is 2.86 bits per heavy atom. The molecule has 0 saturated heterocycles. The summed E-state index contributed by atoms with van der Waals surface area (Å²) in [4.78, 5) is 13.3. The van der Waals surface area contributed by atoms with Crippen molar-refractivity contribution in [2.45, 2.75) is 11.8 Å². The smallest absolute Gasteiger partial charge is 0.276 e. The maximum Gasteiger partial charge on any atom is 0.276 e. The van der Waals surface area contributed by atoms with Crippen LogP contribution in [0.15, 0.2) is 51.8 Å². The zero-order valence-electron chi connectivity index (χ0n) is 12.2. The Kier molecular flexibility index (Phi) is 4.02. The van der Waals surface area contributed by atoms with Crippen LogP contribution in [0.2, 0.25) is 0 Å². The molecule has 3 rings (SSSR count). The number of hydrogen-bond acceptors (Lipinski definition) is 4. The highest BCUT2D eigenvalue weighted by molar-refractivity contribution is 7.98. The highest BCUT2D eigenvalue weighted by atomic mass is 32.2. The van der Waals surface area contributed by atoms with E-state index in [2.05, 4.69) is 15.5 Å². The summed E-state index contributed by atoms with van der Waals surface area (Å²) in [7, 11) is 0. The molecule has 0 aliphatic rings. The molecule has 0 saturated carbocycles. The summed E-state index contributed by atoms with van der Waals surface area (Å²) >= 11 is 1.62. The number of hydrogen-bond donors (Lipinski definition) is 2. The molecule has 0 spiro atoms. The number of rotatable bonds is 4. The molecule has 0 radical (unpaired) electrons. The van der Waals surface area contributed by atoms with Crippen LogP contribution in [-0.2, 0) is 0 Å². The van der Waals surface area contributed by atoms with Crippen LogP contribution in [0.25, 0.3) is 11.5 Å². The van der Waals surface area contributed by atoms with Gasteiger partial charge in [-0.25, -0.2) is 0 Å². The normalized spacial score (nSPS) is 10.6. The second-order valence-electron chi connectivity index (χ2n) is 4.76. The first-order chi connectivity index (χ1) is 10.7. The first kappa shape index (κ1) is 14.5. The molecule has 0 aliphatic heterocycles. The first-order valence-corrected chi connectivity index (χ1v) is 7.96. The lowest BCUT2D eigenvalue weighted by Crippen LogP contribution is -2.12. The Balaban J connectivity index is 1.76. The van der Waals surface area contributed by atoms with Crippen LogP contribution in [0.1, 0.15) is 16.2 Å². The number of aromatic nitrogens is 2. The number of H-pyrrole nitrogens is 1. The van der Waals surface area contributed by atoms with Crippen molar-refractivity contribution in [3.63, 3.8) is 0 Å². The molecule has 6 heteroatoms. The van der Waals surface area contributed by atoms with E-state index in [1.54, 1.807) is 17.8 Å². The van der Waals surface area contributed by atoms with E-state index in [9.17, 15) is 4.79 Å². The molecule has 0 bridgehead atoms. The Hall–Kier alpha value is -2.47. The highest BCUT2D eigenvalue weighted by Crippen LogP contribution is 2.22. The fourth-order valence-corrected chi connectivity index (χ4v) is 2.50. The van der Waals surface area contributed by atoms with E-state index in [-0.39, 0.29) is 5.91 Å². The molecular formula is C16H15N3O2S. The van der Waals surface area contributed by atoms with Gasteiger partial charge in [0.2, 0.25) is 0 Å². The molecule has 0 aliphatic carbocycles. The van der Waals surface area contributed by atoms with Crippen molar-refractivity contribution in [3.05, 3.63) is 53.9 Å². The summed E-state index contributed by atoms with van der Waals surface area (Å²) in [5.41, 5.74) is 1.74. The maximum absolute atomic E-state index is 12.2. The molecule has 2 N–H and O–H groups in total. The fourth-order valence-electron chi connectivity index (χ4n) is 2.04. The van der Waals surface area contributed by atoms with Gasteiger partial charge in [-0.1, -0.05) is 6.07 Å². The number of nitrogens with one attached hydrogen (secondary N) is 2. The molecule has 1 aromatic carbocycles. The third kappa shape index (κ3) is 3.07. The third-order valence-electron chi connectivity index (χ3n) is 3.14. The molecule has 0 unspecified atom stereocenters. The summed E-state index contributed by atoms with van der Waals surface area (Å²) in [5.74, 6) is 1.21. The van der Waals surface area contributed by atoms with Crippen LogP contribution in [-0.4, -0.2) is 22.4 Å². The van der Waals surface area contributed by atoms with Gasteiger partial charge in [-0.05, 0) is 43.5 Å². The lowest BCUT2D eigenvalue weighted by Gasteiger charge is -2.04. The van der Waals surface area contributed by atoms with E-state index >= 15 is 0 Å². The van der Waals surface area contributed by atoms with E-state index in [1.165, 1.54) is 0 Å². The van der Waals surface area contributed by atoms with Gasteiger partial charge in [0.25, 0.3) is 5.91 Å². The number of thioether (sulfide) groups is 1. The van der Waals surface area contributed by atoms with Crippen molar-refractivity contribution < 1.29 is 9.21 Å². The number of carbonyl (C=O) groups excluding carboxylic acids is 1. The third-order valence-corrected chi connectivity index (χ3v) is 3.87. The van der Waals surface area contributed by atoms with Crippen LogP contribution in [0, 0.1) is 6.92 Å². The monoisotopic (exact) mass is 313 g/mol. The molecular weight excluding hydrogens is 298 g/mol. The van der Waals surface area contributed by atoms with Crippen molar-refractivity contribution in [1.29, 1.82) is 0 Å². The highest BCUT2D eigenvalue weighted by Gasteiger charge is 2.13. The quantitative estimate of drug-likeness (QED) is 0.715. The Bertz CT molecular complexity index is 807. The summed E-state index contributed by atoms with van der Waals surface area (Å²) < 4.78 is 5.51. The van der Waals surface area contributed by atoms with Crippen LogP contribution in [0.3, 0.4) is 0 Å². The first-order valence-electron chi connectivity index (χ1n) is 6.73. The topological polar surface area (TPSA) is 70.9 Å². The van der Waals surface area contributed by atoms with Gasteiger partial charge in [-0.3, -0.25) is 9.89 Å². The Labute approximate surface area is 132 Å². The molecule has 112 valence electrons. The molecule has 0 fully saturated rings. The number of carbonyl (C=O) groups is 1. The molecule has 0 atom stereocenters. The summed E-state index contributed by atoms with van der Waals surface area (Å²) in [5, 5.41) is 9.69. The molecule has 1 amide bonds. The number of benzene rings is 1. The predicted octanol–water partition coefficient (Wildman–Crippen LogP) is 3.95. The predicted molar refractivity (Wildman–Crippen MR) is 87.2 cm³/mol. The van der Waals surface area contributed by atoms with Gasteiger partial charge in [-0.15, -0.1) is 11.8 Å². The average molecular weight is 313 g/mol. The van der Waals surface area contributed by atoms with Crippen LogP contribution < -0.4 is 5.32 Å². The van der Waals surface area contributed by atoms with Crippen molar-refractivity contribution in [2.75, 3.05) is 11.6 Å². The number of aromatic amines is 1. The van der Waals surface area contributed by atoms with Crippen molar-refractivity contribution in [3.8, 4) is 11.5 Å². The Morgan fingerprint density at radius 1 is 1.27 bits per heavy atom. The van der Waals surface area contributed by atoms with Crippen molar-refractivity contribution in [1.82, 2.24) is 10.2 Å². The molecule has 22 heavy (non-hydrogen) atoms. The number of aryl methyl sites for hydroxylation is 1. The number of nitrogens with zero attached hydrogens (tertiary/aromatic N) is 1. The second kappa shape index (κ2) is 6.11. The van der Waals surface area contributed by atoms with Crippen molar-refractivity contribution >= 4 is 23.4 Å². The lowest BCUT2D eigenvalue weighted by molar-refractivity contribution is 0.102. The maximum atomic E-state index is 12.2. The minimum atomic E-state index is -0.260. The van der Waals surface area contributed by atoms with Gasteiger partial charge in [0.05, 0.1) is 0 Å². The SMILES string of the molecule is CSc1cccc(NC(=O)c2cc(-c3ccc(C)o3)[nH]n2)c1. The zero-order valence-corrected chi connectivity index (χ0v) is 13.0. The molecule has 2 heterocycles. The number of amides is 1. The van der Waals surface area contributed by atoms with Gasteiger partial charge in [0.1, 0.15) is 11.5 Å². The van der Waals surface area contributed by atoms with Crippen molar-refractivity contribution in [2.24, 2.45) is 0 Å². The summed E-state index contributed by atoms with van der Waals surface area (Å²) in [6.07, 6.45) is 1.99. The van der Waals surface area contributed by atoms with E-state index in [0.717, 1.165) is 16.3 Å². The van der Waals surface area contributed by atoms with Gasteiger partial charge >= 0.3 is 0 Å². The molecule has 5 nitrogen and oxygen atoms in total. The largest absolute Gasteiger partial charge is 0.460 e. The minimum absolute atomic E-state index is 0.260. The molecule has 3 aromatic rings. The summed E-state index contributed by atoms with van der Waals surface area (Å²) in [6.45, 7) is 1.87. The zero-order chi connectivity index (χ0) is 15.5. The number of anilines is 1. The molecule has 2 aromatic heterocycles. The fraction of sp³-hybridized carbons (Fsp3) is 0.125. The van der Waals surface area contributed by atoms with Crippen LogP contribution in [0.4, 0.5) is 5.69 Å². The Morgan fingerprint density at radius 2 is 2.14 bits per heavy atom. The minimum Gasteiger partial charge on any atom is -0.460 e. The number of furan rings is 1. The van der Waals surface area contributed by atoms with E-state index in [0.29, 0.717) is 17.1 Å². The summed E-state index contributed by atoms with van der Waals surface area (Å²) in [6, 6.07) is 13.0. The van der Waals surface area contributed by atoms with E-state index in [4.69, 9.17) is 4.42 Å². The van der Waals surface area contributed by atoms with Gasteiger partial charge in [0.15, 0.2) is 11.5 Å². The average Bonchev–Trinajstić information content (AvgIpc) is 3.16. The van der Waals surface area contributed by atoms with Gasteiger partial charge in [0, 0.05) is 16.6 Å². The van der Waals surface area contributed by atoms with Crippen LogP contribution >= 0.6 is 11.8 Å². The van der Waals surface area contributed by atoms with Crippen LogP contribution in [0.5, 0.6) is 0 Å². The van der Waals surface area contributed by atoms with Gasteiger partial charge < -0.3 is 9.73 Å². The standard InChI is InChI=1S/C16H15N3O2S/c1-10-6-7-15(21-10)13-9-14(19-18-13)16(20)17-11-4-3-5-12(8-11)22-2/h3-9H,1-2H3,(H,17,20)(H,18,19).